The largest absolute Gasteiger partial charge is 0.478 e. The SMILES string of the molecule is Cc1ccc(Nc2c(-c3ccc(C(=O)O)cc3)nc3cnccn23)c(C)c1. The molecule has 2 heterocycles. The van der Waals surface area contributed by atoms with Gasteiger partial charge in [-0.1, -0.05) is 29.8 Å². The lowest BCUT2D eigenvalue weighted by atomic mass is 10.1. The van der Waals surface area contributed by atoms with Crippen LogP contribution in [0.2, 0.25) is 0 Å². The number of aromatic nitrogens is 3. The molecule has 0 saturated carbocycles. The van der Waals surface area contributed by atoms with Crippen LogP contribution < -0.4 is 5.32 Å². The van der Waals surface area contributed by atoms with Crippen molar-refractivity contribution in [2.45, 2.75) is 13.8 Å². The number of carbonyl (C=O) groups is 1. The van der Waals surface area contributed by atoms with E-state index in [0.717, 1.165) is 28.3 Å². The quantitative estimate of drug-likeness (QED) is 0.563. The summed E-state index contributed by atoms with van der Waals surface area (Å²) in [5.74, 6) is -0.142. The second-order valence-corrected chi connectivity index (χ2v) is 6.44. The minimum absolute atomic E-state index is 0.244. The summed E-state index contributed by atoms with van der Waals surface area (Å²) in [6.45, 7) is 4.12. The molecular formula is C21H18N4O2. The highest BCUT2D eigenvalue weighted by Crippen LogP contribution is 2.32. The van der Waals surface area contributed by atoms with E-state index in [9.17, 15) is 4.79 Å². The van der Waals surface area contributed by atoms with Crippen molar-refractivity contribution in [1.82, 2.24) is 14.4 Å². The van der Waals surface area contributed by atoms with Gasteiger partial charge in [-0.3, -0.25) is 9.38 Å². The Balaban J connectivity index is 1.85. The summed E-state index contributed by atoms with van der Waals surface area (Å²) >= 11 is 0. The van der Waals surface area contributed by atoms with Crippen LogP contribution in [0, 0.1) is 13.8 Å². The molecule has 2 aromatic heterocycles. The Bertz CT molecular complexity index is 1150. The van der Waals surface area contributed by atoms with E-state index in [1.807, 2.05) is 16.7 Å². The Morgan fingerprint density at radius 1 is 1.11 bits per heavy atom. The second kappa shape index (κ2) is 6.57. The number of rotatable bonds is 4. The fourth-order valence-electron chi connectivity index (χ4n) is 3.08. The molecule has 0 atom stereocenters. The van der Waals surface area contributed by atoms with E-state index >= 15 is 0 Å². The van der Waals surface area contributed by atoms with E-state index in [4.69, 9.17) is 10.1 Å². The van der Waals surface area contributed by atoms with Crippen LogP contribution in [0.4, 0.5) is 11.5 Å². The molecule has 6 nitrogen and oxygen atoms in total. The molecule has 4 rings (SSSR count). The molecule has 0 unspecified atom stereocenters. The molecule has 0 amide bonds. The maximum absolute atomic E-state index is 11.1. The predicted molar refractivity (Wildman–Crippen MR) is 105 cm³/mol. The fraction of sp³-hybridized carbons (Fsp3) is 0.0952. The average Bonchev–Trinajstić information content (AvgIpc) is 3.02. The van der Waals surface area contributed by atoms with E-state index in [1.165, 1.54) is 5.56 Å². The van der Waals surface area contributed by atoms with Crippen molar-refractivity contribution in [3.05, 3.63) is 77.7 Å². The maximum atomic E-state index is 11.1. The Morgan fingerprint density at radius 3 is 2.59 bits per heavy atom. The van der Waals surface area contributed by atoms with E-state index in [-0.39, 0.29) is 5.56 Å². The zero-order valence-electron chi connectivity index (χ0n) is 15.0. The summed E-state index contributed by atoms with van der Waals surface area (Å²) in [7, 11) is 0. The van der Waals surface area contributed by atoms with Crippen LogP contribution >= 0.6 is 0 Å². The molecular weight excluding hydrogens is 340 g/mol. The lowest BCUT2D eigenvalue weighted by Gasteiger charge is -2.12. The minimum atomic E-state index is -0.950. The Morgan fingerprint density at radius 2 is 1.89 bits per heavy atom. The normalized spacial score (nSPS) is 10.9. The van der Waals surface area contributed by atoms with Gasteiger partial charge in [0.1, 0.15) is 11.5 Å². The Labute approximate surface area is 156 Å². The molecule has 0 aliphatic rings. The number of anilines is 2. The number of hydrogen-bond donors (Lipinski definition) is 2. The lowest BCUT2D eigenvalue weighted by Crippen LogP contribution is -1.99. The molecule has 2 N–H and O–H groups in total. The molecule has 0 aliphatic carbocycles. The first-order valence-electron chi connectivity index (χ1n) is 8.53. The van der Waals surface area contributed by atoms with Crippen molar-refractivity contribution in [1.29, 1.82) is 0 Å². The second-order valence-electron chi connectivity index (χ2n) is 6.44. The van der Waals surface area contributed by atoms with Gasteiger partial charge in [0.2, 0.25) is 0 Å². The molecule has 0 radical (unpaired) electrons. The molecule has 0 fully saturated rings. The van der Waals surface area contributed by atoms with Crippen molar-refractivity contribution in [3.63, 3.8) is 0 Å². The molecule has 0 saturated heterocycles. The van der Waals surface area contributed by atoms with Gasteiger partial charge in [-0.05, 0) is 37.6 Å². The molecule has 0 spiro atoms. The van der Waals surface area contributed by atoms with Gasteiger partial charge in [0.25, 0.3) is 0 Å². The molecule has 2 aromatic carbocycles. The maximum Gasteiger partial charge on any atom is 0.335 e. The summed E-state index contributed by atoms with van der Waals surface area (Å²) in [5, 5.41) is 12.6. The van der Waals surface area contributed by atoms with Crippen molar-refractivity contribution in [2.75, 3.05) is 5.32 Å². The van der Waals surface area contributed by atoms with Crippen molar-refractivity contribution < 1.29 is 9.90 Å². The molecule has 0 aliphatic heterocycles. The van der Waals surface area contributed by atoms with Gasteiger partial charge in [-0.25, -0.2) is 9.78 Å². The van der Waals surface area contributed by atoms with Gasteiger partial charge in [-0.15, -0.1) is 0 Å². The van der Waals surface area contributed by atoms with Crippen molar-refractivity contribution >= 4 is 23.1 Å². The number of aryl methyl sites for hydroxylation is 2. The Hall–Kier alpha value is -3.67. The van der Waals surface area contributed by atoms with Gasteiger partial charge < -0.3 is 10.4 Å². The third-order valence-corrected chi connectivity index (χ3v) is 4.47. The van der Waals surface area contributed by atoms with Crippen LogP contribution in [-0.4, -0.2) is 25.4 Å². The highest BCUT2D eigenvalue weighted by Gasteiger charge is 2.16. The average molecular weight is 358 g/mol. The van der Waals surface area contributed by atoms with Crippen LogP contribution in [-0.2, 0) is 0 Å². The molecule has 27 heavy (non-hydrogen) atoms. The summed E-state index contributed by atoms with van der Waals surface area (Å²) in [5.41, 5.74) is 5.84. The predicted octanol–water partition coefficient (Wildman–Crippen LogP) is 4.45. The number of nitrogens with one attached hydrogen (secondary N) is 1. The number of carboxylic acids is 1. The van der Waals surface area contributed by atoms with Crippen LogP contribution in [0.5, 0.6) is 0 Å². The molecule has 4 aromatic rings. The monoisotopic (exact) mass is 358 g/mol. The molecule has 6 heteroatoms. The standard InChI is InChI=1S/C21H18N4O2/c1-13-3-8-17(14(2)11-13)23-20-19(24-18-12-22-9-10-25(18)20)15-4-6-16(7-5-15)21(26)27/h3-12,23H,1-2H3,(H,26,27). The van der Waals surface area contributed by atoms with Crippen LogP contribution in [0.15, 0.2) is 61.1 Å². The summed E-state index contributed by atoms with van der Waals surface area (Å²) < 4.78 is 1.94. The number of benzene rings is 2. The smallest absolute Gasteiger partial charge is 0.335 e. The van der Waals surface area contributed by atoms with Crippen molar-refractivity contribution in [2.24, 2.45) is 0 Å². The summed E-state index contributed by atoms with van der Waals surface area (Å²) in [6.07, 6.45) is 5.25. The first-order chi connectivity index (χ1) is 13.0. The van der Waals surface area contributed by atoms with Crippen LogP contribution in [0.1, 0.15) is 21.5 Å². The molecule has 0 bridgehead atoms. The van der Waals surface area contributed by atoms with E-state index in [2.05, 4.69) is 36.3 Å². The fourth-order valence-corrected chi connectivity index (χ4v) is 3.08. The first kappa shape index (κ1) is 16.8. The number of aromatic carboxylic acids is 1. The van der Waals surface area contributed by atoms with E-state index in [1.54, 1.807) is 36.7 Å². The topological polar surface area (TPSA) is 79.5 Å². The first-order valence-corrected chi connectivity index (χ1v) is 8.53. The number of fused-ring (bicyclic) bond motifs is 1. The van der Waals surface area contributed by atoms with Gasteiger partial charge in [0.05, 0.1) is 11.8 Å². The van der Waals surface area contributed by atoms with E-state index < -0.39 is 5.97 Å². The summed E-state index contributed by atoms with van der Waals surface area (Å²) in [6, 6.07) is 12.9. The Kier molecular flexibility index (Phi) is 4.08. The van der Waals surface area contributed by atoms with E-state index in [0.29, 0.717) is 5.65 Å². The number of carboxylic acid groups (broad SMARTS) is 1. The van der Waals surface area contributed by atoms with Crippen LogP contribution in [0.3, 0.4) is 0 Å². The number of nitrogens with zero attached hydrogens (tertiary/aromatic N) is 3. The highest BCUT2D eigenvalue weighted by molar-refractivity contribution is 5.89. The van der Waals surface area contributed by atoms with Gasteiger partial charge in [-0.2, -0.15) is 0 Å². The van der Waals surface area contributed by atoms with Gasteiger partial charge >= 0.3 is 5.97 Å². The highest BCUT2D eigenvalue weighted by atomic mass is 16.4. The zero-order chi connectivity index (χ0) is 19.0. The zero-order valence-corrected chi connectivity index (χ0v) is 15.0. The third kappa shape index (κ3) is 3.13. The molecule has 134 valence electrons. The lowest BCUT2D eigenvalue weighted by molar-refractivity contribution is 0.0697. The summed E-state index contributed by atoms with van der Waals surface area (Å²) in [4.78, 5) is 20.0. The van der Waals surface area contributed by atoms with Gasteiger partial charge in [0.15, 0.2) is 5.65 Å². The van der Waals surface area contributed by atoms with Gasteiger partial charge in [0, 0.05) is 23.6 Å². The third-order valence-electron chi connectivity index (χ3n) is 4.47. The van der Waals surface area contributed by atoms with Crippen LogP contribution in [0.25, 0.3) is 16.9 Å². The number of hydrogen-bond acceptors (Lipinski definition) is 4. The minimum Gasteiger partial charge on any atom is -0.478 e. The van der Waals surface area contributed by atoms with Crippen molar-refractivity contribution in [3.8, 4) is 11.3 Å². The number of imidazole rings is 1.